The Morgan fingerprint density at radius 1 is 1.45 bits per heavy atom. The third kappa shape index (κ3) is 2.22. The summed E-state index contributed by atoms with van der Waals surface area (Å²) in [4.78, 5) is 17.9. The molecule has 2 aromatic heterocycles. The maximum absolute atomic E-state index is 12.2. The number of hydrogen-bond donors (Lipinski definition) is 1. The second kappa shape index (κ2) is 4.92. The minimum Gasteiger partial charge on any atom is -0.397 e. The topological polar surface area (TPSA) is 89.9 Å². The number of anilines is 1. The zero-order valence-electron chi connectivity index (χ0n) is 11.3. The summed E-state index contributed by atoms with van der Waals surface area (Å²) in [6.07, 6.45) is 3.54. The normalized spacial score (nSPS) is 13.2. The molecule has 7 nitrogen and oxygen atoms in total. The fraction of sp³-hybridized carbons (Fsp3) is 0.385. The van der Waals surface area contributed by atoms with E-state index in [2.05, 4.69) is 19.7 Å². The van der Waals surface area contributed by atoms with E-state index in [4.69, 9.17) is 5.73 Å². The van der Waals surface area contributed by atoms with Crippen LogP contribution in [0.5, 0.6) is 0 Å². The van der Waals surface area contributed by atoms with Crippen LogP contribution < -0.4 is 5.73 Å². The van der Waals surface area contributed by atoms with Gasteiger partial charge in [0.2, 0.25) is 0 Å². The van der Waals surface area contributed by atoms with Gasteiger partial charge in [-0.1, -0.05) is 0 Å². The van der Waals surface area contributed by atoms with Crippen LogP contribution in [0, 0.1) is 0 Å². The highest BCUT2D eigenvalue weighted by atomic mass is 16.2. The average Bonchev–Trinajstić information content (AvgIpc) is 3.04. The number of hydrogen-bond acceptors (Lipinski definition) is 5. The molecule has 104 valence electrons. The van der Waals surface area contributed by atoms with Gasteiger partial charge in [0.25, 0.3) is 5.91 Å². The maximum atomic E-state index is 12.2. The van der Waals surface area contributed by atoms with Gasteiger partial charge in [-0.2, -0.15) is 0 Å². The van der Waals surface area contributed by atoms with Crippen molar-refractivity contribution in [1.29, 1.82) is 0 Å². The van der Waals surface area contributed by atoms with Gasteiger partial charge in [-0.3, -0.25) is 4.79 Å². The molecule has 0 fully saturated rings. The van der Waals surface area contributed by atoms with Crippen molar-refractivity contribution in [3.63, 3.8) is 0 Å². The predicted octanol–water partition coefficient (Wildman–Crippen LogP) is 0.474. The Bertz CT molecular complexity index is 633. The van der Waals surface area contributed by atoms with Crippen LogP contribution in [0.25, 0.3) is 0 Å². The van der Waals surface area contributed by atoms with Crippen LogP contribution >= 0.6 is 0 Å². The summed E-state index contributed by atoms with van der Waals surface area (Å²) in [7, 11) is 1.73. The number of carbonyl (C=O) groups excluding carboxylic acids is 1. The third-order valence-electron chi connectivity index (χ3n) is 3.42. The van der Waals surface area contributed by atoms with Crippen LogP contribution in [0.15, 0.2) is 18.3 Å². The summed E-state index contributed by atoms with van der Waals surface area (Å²) in [5, 5.41) is 8.28. The van der Waals surface area contributed by atoms with Crippen LogP contribution in [-0.4, -0.2) is 37.6 Å². The van der Waals surface area contributed by atoms with Crippen LogP contribution in [-0.2, 0) is 19.5 Å². The summed E-state index contributed by atoms with van der Waals surface area (Å²) in [6.45, 7) is 1.36. The van der Waals surface area contributed by atoms with E-state index >= 15 is 0 Å². The number of nitrogens with two attached hydrogens (primary N) is 1. The predicted molar refractivity (Wildman–Crippen MR) is 72.8 cm³/mol. The van der Waals surface area contributed by atoms with E-state index < -0.39 is 0 Å². The molecule has 7 heteroatoms. The van der Waals surface area contributed by atoms with Gasteiger partial charge in [-0.15, -0.1) is 10.2 Å². The Morgan fingerprint density at radius 3 is 3.05 bits per heavy atom. The highest BCUT2D eigenvalue weighted by molar-refractivity contribution is 5.92. The quantitative estimate of drug-likeness (QED) is 0.877. The van der Waals surface area contributed by atoms with Crippen molar-refractivity contribution in [3.05, 3.63) is 35.7 Å². The lowest BCUT2D eigenvalue weighted by molar-refractivity contribution is 0.0774. The monoisotopic (exact) mass is 272 g/mol. The first-order valence-electron chi connectivity index (χ1n) is 6.53. The number of pyridine rings is 1. The molecule has 0 aromatic carbocycles. The Hall–Kier alpha value is -2.44. The van der Waals surface area contributed by atoms with E-state index in [-0.39, 0.29) is 5.91 Å². The molecule has 20 heavy (non-hydrogen) atoms. The number of carbonyl (C=O) groups is 1. The summed E-state index contributed by atoms with van der Waals surface area (Å²) in [5.41, 5.74) is 6.48. The third-order valence-corrected chi connectivity index (χ3v) is 3.42. The van der Waals surface area contributed by atoms with Gasteiger partial charge in [0, 0.05) is 20.0 Å². The van der Waals surface area contributed by atoms with Gasteiger partial charge in [0.05, 0.1) is 18.4 Å². The van der Waals surface area contributed by atoms with Gasteiger partial charge in [0.1, 0.15) is 11.5 Å². The summed E-state index contributed by atoms with van der Waals surface area (Å²) >= 11 is 0. The van der Waals surface area contributed by atoms with Gasteiger partial charge < -0.3 is 15.2 Å². The molecule has 0 unspecified atom stereocenters. The van der Waals surface area contributed by atoms with E-state index in [1.807, 2.05) is 0 Å². The molecule has 0 spiro atoms. The molecule has 1 aliphatic heterocycles. The lowest BCUT2D eigenvalue weighted by atomic mass is 10.3. The van der Waals surface area contributed by atoms with E-state index in [9.17, 15) is 4.79 Å². The first-order valence-corrected chi connectivity index (χ1v) is 6.53. The van der Waals surface area contributed by atoms with Gasteiger partial charge in [-0.05, 0) is 18.6 Å². The highest BCUT2D eigenvalue weighted by Crippen LogP contribution is 2.15. The van der Waals surface area contributed by atoms with Crippen molar-refractivity contribution in [2.24, 2.45) is 0 Å². The number of aryl methyl sites for hydroxylation is 1. The molecular weight excluding hydrogens is 256 g/mol. The van der Waals surface area contributed by atoms with E-state index in [1.165, 1.54) is 6.20 Å². The molecular formula is C13H16N6O. The SMILES string of the molecule is CN(Cc1nnc2n1CCC2)C(=O)c1ccc(N)cn1. The van der Waals surface area contributed by atoms with Crippen molar-refractivity contribution in [2.45, 2.75) is 25.9 Å². The molecule has 3 rings (SSSR count). The fourth-order valence-corrected chi connectivity index (χ4v) is 2.34. The molecule has 0 aliphatic carbocycles. The second-order valence-electron chi connectivity index (χ2n) is 4.93. The minimum absolute atomic E-state index is 0.152. The smallest absolute Gasteiger partial charge is 0.272 e. The van der Waals surface area contributed by atoms with E-state index in [0.717, 1.165) is 31.0 Å². The molecule has 2 aromatic rings. The number of nitrogens with zero attached hydrogens (tertiary/aromatic N) is 5. The lowest BCUT2D eigenvalue weighted by Crippen LogP contribution is -2.28. The van der Waals surface area contributed by atoms with Crippen molar-refractivity contribution >= 4 is 11.6 Å². The van der Waals surface area contributed by atoms with Crippen LogP contribution in [0.2, 0.25) is 0 Å². The van der Waals surface area contributed by atoms with E-state index in [1.54, 1.807) is 24.1 Å². The van der Waals surface area contributed by atoms with Gasteiger partial charge in [0.15, 0.2) is 5.82 Å². The number of fused-ring (bicyclic) bond motifs is 1. The number of rotatable bonds is 3. The Kier molecular flexibility index (Phi) is 3.09. The van der Waals surface area contributed by atoms with Gasteiger partial charge in [-0.25, -0.2) is 4.98 Å². The first kappa shape index (κ1) is 12.6. The molecule has 0 bridgehead atoms. The molecule has 0 saturated heterocycles. The van der Waals surface area contributed by atoms with Crippen molar-refractivity contribution in [1.82, 2.24) is 24.6 Å². The van der Waals surface area contributed by atoms with Crippen molar-refractivity contribution < 1.29 is 4.79 Å². The van der Waals surface area contributed by atoms with Crippen LogP contribution in [0.4, 0.5) is 5.69 Å². The van der Waals surface area contributed by atoms with Crippen LogP contribution in [0.3, 0.4) is 0 Å². The minimum atomic E-state index is -0.152. The molecule has 0 radical (unpaired) electrons. The molecule has 2 N–H and O–H groups in total. The van der Waals surface area contributed by atoms with Crippen molar-refractivity contribution in [2.75, 3.05) is 12.8 Å². The largest absolute Gasteiger partial charge is 0.397 e. The lowest BCUT2D eigenvalue weighted by Gasteiger charge is -2.16. The van der Waals surface area contributed by atoms with Crippen molar-refractivity contribution in [3.8, 4) is 0 Å². The van der Waals surface area contributed by atoms with Gasteiger partial charge >= 0.3 is 0 Å². The molecule has 0 saturated carbocycles. The second-order valence-corrected chi connectivity index (χ2v) is 4.93. The Labute approximate surface area is 116 Å². The Morgan fingerprint density at radius 2 is 2.30 bits per heavy atom. The molecule has 3 heterocycles. The number of aromatic nitrogens is 4. The zero-order valence-corrected chi connectivity index (χ0v) is 11.3. The Balaban J connectivity index is 1.74. The molecule has 0 atom stereocenters. The first-order chi connectivity index (χ1) is 9.65. The zero-order chi connectivity index (χ0) is 14.1. The maximum Gasteiger partial charge on any atom is 0.272 e. The fourth-order valence-electron chi connectivity index (χ4n) is 2.34. The average molecular weight is 272 g/mol. The van der Waals surface area contributed by atoms with E-state index in [0.29, 0.717) is 17.9 Å². The summed E-state index contributed by atoms with van der Waals surface area (Å²) < 4.78 is 2.08. The molecule has 1 aliphatic rings. The summed E-state index contributed by atoms with van der Waals surface area (Å²) in [5.74, 6) is 1.68. The highest BCUT2D eigenvalue weighted by Gasteiger charge is 2.20. The summed E-state index contributed by atoms with van der Waals surface area (Å²) in [6, 6.07) is 3.30. The standard InChI is InChI=1S/C13H16N6O/c1-18(13(20)10-5-4-9(14)7-15-10)8-12-17-16-11-3-2-6-19(11)12/h4-5,7H,2-3,6,8,14H2,1H3. The number of amides is 1. The molecule has 1 amide bonds. The number of nitrogen functional groups attached to an aromatic ring is 1. The van der Waals surface area contributed by atoms with Crippen LogP contribution in [0.1, 0.15) is 28.6 Å².